The lowest BCUT2D eigenvalue weighted by Gasteiger charge is -2.07. The number of thiophene rings is 1. The number of fused-ring (bicyclic) bond motifs is 1. The predicted molar refractivity (Wildman–Crippen MR) is 92.1 cm³/mol. The number of rotatable bonds is 7. The molecule has 0 unspecified atom stereocenters. The maximum atomic E-state index is 10.8. The molecule has 0 saturated heterocycles. The lowest BCUT2D eigenvalue weighted by Crippen LogP contribution is -2.05. The van der Waals surface area contributed by atoms with Crippen LogP contribution < -0.4 is 0 Å². The first kappa shape index (κ1) is 16.0. The van der Waals surface area contributed by atoms with Crippen LogP contribution in [0.2, 0.25) is 0 Å². The highest BCUT2D eigenvalue weighted by Crippen LogP contribution is 2.30. The van der Waals surface area contributed by atoms with Crippen LogP contribution in [0.3, 0.4) is 0 Å². The summed E-state index contributed by atoms with van der Waals surface area (Å²) < 4.78 is 7.31. The van der Waals surface area contributed by atoms with Gasteiger partial charge in [-0.3, -0.25) is 10.1 Å². The molecule has 23 heavy (non-hydrogen) atoms. The highest BCUT2D eigenvalue weighted by atomic mass is 32.2. The molecule has 0 N–H and O–H groups in total. The Morgan fingerprint density at radius 2 is 2.26 bits per heavy atom. The molecule has 6 nitrogen and oxygen atoms in total. The number of hydrogen-bond acceptors (Lipinski definition) is 6. The standard InChI is InChI=1S/C15H15N3O3S2/c1-21-7-6-17-13-5-3-2-4-12(13)16-15(17)23-10-11-8-14(18(19)20)22-9-11/h2-5,8-9H,6-7,10H2,1H3. The third-order valence-corrected chi connectivity index (χ3v) is 5.30. The third-order valence-electron chi connectivity index (χ3n) is 3.33. The zero-order valence-corrected chi connectivity index (χ0v) is 14.1. The van der Waals surface area contributed by atoms with Gasteiger partial charge in [0, 0.05) is 30.9 Å². The van der Waals surface area contributed by atoms with Gasteiger partial charge in [-0.25, -0.2) is 4.98 Å². The molecular formula is C15H15N3O3S2. The molecule has 3 aromatic rings. The van der Waals surface area contributed by atoms with Crippen LogP contribution in [-0.2, 0) is 17.0 Å². The molecule has 0 saturated carbocycles. The smallest absolute Gasteiger partial charge is 0.324 e. The Balaban J connectivity index is 1.81. The van der Waals surface area contributed by atoms with Crippen molar-refractivity contribution in [3.8, 4) is 0 Å². The van der Waals surface area contributed by atoms with E-state index >= 15 is 0 Å². The van der Waals surface area contributed by atoms with Crippen molar-refractivity contribution in [2.75, 3.05) is 13.7 Å². The molecule has 2 aromatic heterocycles. The van der Waals surface area contributed by atoms with Gasteiger partial charge in [0.2, 0.25) is 0 Å². The molecule has 0 aliphatic rings. The fourth-order valence-electron chi connectivity index (χ4n) is 2.24. The zero-order valence-electron chi connectivity index (χ0n) is 12.5. The Bertz CT molecular complexity index is 828. The summed E-state index contributed by atoms with van der Waals surface area (Å²) in [6.45, 7) is 1.33. The molecule has 0 spiro atoms. The number of methoxy groups -OCH3 is 1. The van der Waals surface area contributed by atoms with Crippen LogP contribution in [0, 0.1) is 10.1 Å². The van der Waals surface area contributed by atoms with Crippen LogP contribution in [0.4, 0.5) is 5.00 Å². The van der Waals surface area contributed by atoms with Gasteiger partial charge in [0.25, 0.3) is 0 Å². The van der Waals surface area contributed by atoms with Gasteiger partial charge in [-0.2, -0.15) is 0 Å². The lowest BCUT2D eigenvalue weighted by atomic mass is 10.3. The fourth-order valence-corrected chi connectivity index (χ4v) is 4.05. The average molecular weight is 349 g/mol. The van der Waals surface area contributed by atoms with E-state index in [1.807, 2.05) is 29.6 Å². The minimum atomic E-state index is -0.355. The van der Waals surface area contributed by atoms with Gasteiger partial charge in [0.1, 0.15) is 0 Å². The van der Waals surface area contributed by atoms with Crippen LogP contribution in [0.25, 0.3) is 11.0 Å². The van der Waals surface area contributed by atoms with Crippen LogP contribution in [0.1, 0.15) is 5.56 Å². The van der Waals surface area contributed by atoms with Crippen molar-refractivity contribution in [2.45, 2.75) is 17.5 Å². The molecule has 0 bridgehead atoms. The number of para-hydroxylation sites is 2. The SMILES string of the molecule is COCCn1c(SCc2csc([N+](=O)[O-])c2)nc2ccccc21. The van der Waals surface area contributed by atoms with Gasteiger partial charge in [0.15, 0.2) is 5.16 Å². The van der Waals surface area contributed by atoms with Gasteiger partial charge >= 0.3 is 5.00 Å². The summed E-state index contributed by atoms with van der Waals surface area (Å²) in [5.41, 5.74) is 2.96. The minimum absolute atomic E-state index is 0.175. The highest BCUT2D eigenvalue weighted by Gasteiger charge is 2.13. The molecule has 3 rings (SSSR count). The van der Waals surface area contributed by atoms with E-state index in [0.29, 0.717) is 12.4 Å². The summed E-state index contributed by atoms with van der Waals surface area (Å²) in [5.74, 6) is 0.653. The molecule has 2 heterocycles. The van der Waals surface area contributed by atoms with Crippen molar-refractivity contribution in [1.29, 1.82) is 0 Å². The van der Waals surface area contributed by atoms with E-state index in [1.165, 1.54) is 0 Å². The van der Waals surface area contributed by atoms with Crippen molar-refractivity contribution >= 4 is 39.1 Å². The van der Waals surface area contributed by atoms with Crippen molar-refractivity contribution in [2.24, 2.45) is 0 Å². The molecule has 0 amide bonds. The fraction of sp³-hybridized carbons (Fsp3) is 0.267. The Kier molecular flexibility index (Phi) is 4.94. The number of nitro groups is 1. The Morgan fingerprint density at radius 3 is 3.00 bits per heavy atom. The number of hydrogen-bond donors (Lipinski definition) is 0. The first-order chi connectivity index (χ1) is 11.2. The normalized spacial score (nSPS) is 11.2. The summed E-state index contributed by atoms with van der Waals surface area (Å²) in [6, 6.07) is 9.60. The molecule has 0 aliphatic heterocycles. The molecule has 0 fully saturated rings. The van der Waals surface area contributed by atoms with Crippen molar-refractivity contribution < 1.29 is 9.66 Å². The summed E-state index contributed by atoms with van der Waals surface area (Å²) in [7, 11) is 1.68. The summed E-state index contributed by atoms with van der Waals surface area (Å²) in [5, 5.41) is 13.7. The molecule has 1 aromatic carbocycles. The van der Waals surface area contributed by atoms with Gasteiger partial charge in [0.05, 0.1) is 22.6 Å². The van der Waals surface area contributed by atoms with Crippen LogP contribution in [0.15, 0.2) is 40.9 Å². The lowest BCUT2D eigenvalue weighted by molar-refractivity contribution is -0.380. The maximum Gasteiger partial charge on any atom is 0.324 e. The van der Waals surface area contributed by atoms with E-state index < -0.39 is 0 Å². The van der Waals surface area contributed by atoms with E-state index in [9.17, 15) is 10.1 Å². The van der Waals surface area contributed by atoms with E-state index in [1.54, 1.807) is 24.9 Å². The Hall–Kier alpha value is -1.90. The predicted octanol–water partition coefficient (Wildman–Crippen LogP) is 3.94. The zero-order chi connectivity index (χ0) is 16.2. The van der Waals surface area contributed by atoms with Crippen molar-refractivity contribution in [3.05, 3.63) is 51.4 Å². The van der Waals surface area contributed by atoms with Crippen molar-refractivity contribution in [1.82, 2.24) is 9.55 Å². The monoisotopic (exact) mass is 349 g/mol. The number of nitrogens with zero attached hydrogens (tertiary/aromatic N) is 3. The molecule has 0 radical (unpaired) electrons. The summed E-state index contributed by atoms with van der Waals surface area (Å²) in [4.78, 5) is 15.1. The van der Waals surface area contributed by atoms with Gasteiger partial charge < -0.3 is 9.30 Å². The quantitative estimate of drug-likeness (QED) is 0.367. The second-order valence-corrected chi connectivity index (χ2v) is 6.70. The van der Waals surface area contributed by atoms with E-state index in [2.05, 4.69) is 9.55 Å². The van der Waals surface area contributed by atoms with Gasteiger partial charge in [-0.1, -0.05) is 35.2 Å². The first-order valence-electron chi connectivity index (χ1n) is 6.98. The Labute approximate surface area is 141 Å². The summed E-state index contributed by atoms with van der Waals surface area (Å²) >= 11 is 2.74. The molecular weight excluding hydrogens is 334 g/mol. The number of aromatic nitrogens is 2. The van der Waals surface area contributed by atoms with E-state index in [4.69, 9.17) is 4.74 Å². The first-order valence-corrected chi connectivity index (χ1v) is 8.84. The summed E-state index contributed by atoms with van der Waals surface area (Å²) in [6.07, 6.45) is 0. The molecule has 0 atom stereocenters. The minimum Gasteiger partial charge on any atom is -0.383 e. The van der Waals surface area contributed by atoms with Crippen LogP contribution in [0.5, 0.6) is 0 Å². The number of thioether (sulfide) groups is 1. The third kappa shape index (κ3) is 3.54. The number of ether oxygens (including phenoxy) is 1. The largest absolute Gasteiger partial charge is 0.383 e. The molecule has 120 valence electrons. The van der Waals surface area contributed by atoms with Gasteiger partial charge in [-0.15, -0.1) is 0 Å². The Morgan fingerprint density at radius 1 is 1.43 bits per heavy atom. The van der Waals surface area contributed by atoms with Gasteiger partial charge in [-0.05, 0) is 17.7 Å². The van der Waals surface area contributed by atoms with E-state index in [0.717, 1.165) is 39.6 Å². The molecule has 8 heteroatoms. The highest BCUT2D eigenvalue weighted by molar-refractivity contribution is 7.98. The second-order valence-electron chi connectivity index (χ2n) is 4.87. The topological polar surface area (TPSA) is 70.2 Å². The van der Waals surface area contributed by atoms with Crippen molar-refractivity contribution in [3.63, 3.8) is 0 Å². The van der Waals surface area contributed by atoms with Crippen LogP contribution in [-0.4, -0.2) is 28.2 Å². The number of imidazole rings is 1. The number of benzene rings is 1. The van der Waals surface area contributed by atoms with Crippen LogP contribution >= 0.6 is 23.1 Å². The maximum absolute atomic E-state index is 10.8. The second kappa shape index (κ2) is 7.12. The average Bonchev–Trinajstić information content (AvgIpc) is 3.15. The van der Waals surface area contributed by atoms with E-state index in [-0.39, 0.29) is 9.92 Å². The molecule has 0 aliphatic carbocycles.